The Morgan fingerprint density at radius 1 is 1.28 bits per heavy atom. The normalized spacial score (nSPS) is 23.0. The largest absolute Gasteiger partial charge is 0.508 e. The molecule has 1 fully saturated rings. The lowest BCUT2D eigenvalue weighted by Crippen LogP contribution is -2.67. The first-order chi connectivity index (χ1) is 13.6. The van der Waals surface area contributed by atoms with Crippen molar-refractivity contribution in [3.8, 4) is 11.5 Å². The molecule has 1 heterocycles. The molecule has 10 nitrogen and oxygen atoms in total. The number of primary amides is 1. The Morgan fingerprint density at radius 2 is 1.97 bits per heavy atom. The zero-order valence-corrected chi connectivity index (χ0v) is 16.3. The summed E-state index contributed by atoms with van der Waals surface area (Å²) in [6, 6.07) is 3.69. The molecule has 3 atom stereocenters. The number of hydrogen-bond acceptors (Lipinski definition) is 9. The van der Waals surface area contributed by atoms with Gasteiger partial charge in [0.1, 0.15) is 17.4 Å². The number of nitrogens with zero attached hydrogens (tertiary/aromatic N) is 1. The average molecular weight is 408 g/mol. The van der Waals surface area contributed by atoms with Crippen molar-refractivity contribution in [1.29, 1.82) is 0 Å². The van der Waals surface area contributed by atoms with Gasteiger partial charge in [0, 0.05) is 24.6 Å². The van der Waals surface area contributed by atoms with Crippen LogP contribution in [0.1, 0.15) is 31.7 Å². The molecule has 0 aliphatic carbocycles. The maximum atomic E-state index is 13.0. The summed E-state index contributed by atoms with van der Waals surface area (Å²) in [6.07, 6.45) is 1.06. The zero-order valence-electron chi connectivity index (χ0n) is 16.3. The van der Waals surface area contributed by atoms with Crippen LogP contribution in [0, 0.1) is 5.92 Å². The summed E-state index contributed by atoms with van der Waals surface area (Å²) in [5, 5.41) is 19.3. The average Bonchev–Trinajstić information content (AvgIpc) is 2.83. The van der Waals surface area contributed by atoms with Gasteiger partial charge in [-0.3, -0.25) is 9.59 Å². The van der Waals surface area contributed by atoms with Gasteiger partial charge in [0.15, 0.2) is 17.7 Å². The Hall–Kier alpha value is -2.69. The number of ether oxygens (including phenoxy) is 1. The van der Waals surface area contributed by atoms with Gasteiger partial charge in [-0.1, -0.05) is 12.5 Å². The van der Waals surface area contributed by atoms with E-state index in [0.29, 0.717) is 19.5 Å². The van der Waals surface area contributed by atoms with E-state index in [1.165, 1.54) is 17.0 Å². The van der Waals surface area contributed by atoms with E-state index in [1.807, 2.05) is 0 Å². The zero-order chi connectivity index (χ0) is 21.8. The number of phenols is 2. The molecule has 0 bridgehead atoms. The Labute approximate surface area is 168 Å². The number of hydrogen-bond donors (Lipinski definition) is 5. The molecule has 29 heavy (non-hydrogen) atoms. The molecular weight excluding hydrogens is 380 g/mol. The van der Waals surface area contributed by atoms with E-state index in [0.717, 1.165) is 18.9 Å². The third-order valence-electron chi connectivity index (χ3n) is 5.10. The van der Waals surface area contributed by atoms with E-state index in [2.05, 4.69) is 0 Å². The molecule has 1 amide bonds. The molecule has 8 N–H and O–H groups in total. The standard InChI is InChI=1S/C19H28N4O6/c1-11-23(8-4-2-3-7-20)19(22,18(28)29-11)16(17(21)27)15(26)9-12-5-6-13(24)10-14(12)25/h5-6,10-11,16,24-25H,2-4,7-9,20,22H2,1H3,(H2,21,27)/t11?,16?,19-/m1/s1. The van der Waals surface area contributed by atoms with Crippen molar-refractivity contribution in [1.82, 2.24) is 4.90 Å². The minimum Gasteiger partial charge on any atom is -0.508 e. The van der Waals surface area contributed by atoms with Crippen LogP contribution in [0.5, 0.6) is 11.5 Å². The number of aromatic hydroxyl groups is 2. The first kappa shape index (κ1) is 22.6. The van der Waals surface area contributed by atoms with Gasteiger partial charge in [-0.25, -0.2) is 9.69 Å². The fourth-order valence-corrected chi connectivity index (χ4v) is 3.60. The summed E-state index contributed by atoms with van der Waals surface area (Å²) in [4.78, 5) is 39.2. The first-order valence-corrected chi connectivity index (χ1v) is 9.42. The summed E-state index contributed by atoms with van der Waals surface area (Å²) in [7, 11) is 0. The van der Waals surface area contributed by atoms with E-state index < -0.39 is 41.9 Å². The monoisotopic (exact) mass is 408 g/mol. The molecule has 0 spiro atoms. The van der Waals surface area contributed by atoms with Crippen molar-refractivity contribution in [3.05, 3.63) is 23.8 Å². The second-order valence-corrected chi connectivity index (χ2v) is 7.16. The Morgan fingerprint density at radius 3 is 2.55 bits per heavy atom. The predicted molar refractivity (Wildman–Crippen MR) is 103 cm³/mol. The third-order valence-corrected chi connectivity index (χ3v) is 5.10. The quantitative estimate of drug-likeness (QED) is 0.190. The van der Waals surface area contributed by atoms with Crippen molar-refractivity contribution in [2.75, 3.05) is 13.1 Å². The first-order valence-electron chi connectivity index (χ1n) is 9.42. The molecule has 0 radical (unpaired) electrons. The Kier molecular flexibility index (Phi) is 7.17. The maximum Gasteiger partial charge on any atom is 0.344 e. The number of Topliss-reactive ketones (excluding diaryl/α,β-unsaturated/α-hetero) is 1. The van der Waals surface area contributed by atoms with E-state index >= 15 is 0 Å². The van der Waals surface area contributed by atoms with Crippen LogP contribution in [0.2, 0.25) is 0 Å². The van der Waals surface area contributed by atoms with Gasteiger partial charge in [0.25, 0.3) is 0 Å². The van der Waals surface area contributed by atoms with Gasteiger partial charge in [-0.15, -0.1) is 0 Å². The number of carbonyl (C=O) groups excluding carboxylic acids is 3. The van der Waals surface area contributed by atoms with Gasteiger partial charge in [0.2, 0.25) is 5.91 Å². The number of phenolic OH excluding ortho intramolecular Hbond substituents is 2. The van der Waals surface area contributed by atoms with Crippen LogP contribution in [0.25, 0.3) is 0 Å². The summed E-state index contributed by atoms with van der Waals surface area (Å²) in [5.74, 6) is -4.89. The lowest BCUT2D eigenvalue weighted by molar-refractivity contribution is -0.152. The number of benzene rings is 1. The Bertz CT molecular complexity index is 786. The van der Waals surface area contributed by atoms with Crippen LogP contribution in [0.15, 0.2) is 18.2 Å². The number of carbonyl (C=O) groups is 3. The van der Waals surface area contributed by atoms with Crippen LogP contribution in [-0.4, -0.2) is 57.8 Å². The smallest absolute Gasteiger partial charge is 0.344 e. The molecule has 2 rings (SSSR count). The molecule has 1 aromatic rings. The van der Waals surface area contributed by atoms with Crippen molar-refractivity contribution >= 4 is 17.7 Å². The fraction of sp³-hybridized carbons (Fsp3) is 0.526. The van der Waals surface area contributed by atoms with Gasteiger partial charge in [0.05, 0.1) is 0 Å². The fourth-order valence-electron chi connectivity index (χ4n) is 3.60. The molecule has 1 aliphatic rings. The Balaban J connectivity index is 2.30. The van der Waals surface area contributed by atoms with Crippen molar-refractivity contribution in [2.45, 2.75) is 44.5 Å². The second kappa shape index (κ2) is 9.21. The topological polar surface area (TPSA) is 182 Å². The number of ketones is 1. The van der Waals surface area contributed by atoms with Crippen LogP contribution in [-0.2, 0) is 25.5 Å². The molecule has 2 unspecified atom stereocenters. The van der Waals surface area contributed by atoms with Gasteiger partial charge in [-0.2, -0.15) is 0 Å². The second-order valence-electron chi connectivity index (χ2n) is 7.16. The number of rotatable bonds is 10. The number of esters is 1. The molecule has 160 valence electrons. The summed E-state index contributed by atoms with van der Waals surface area (Å²) >= 11 is 0. The minimum absolute atomic E-state index is 0.163. The highest BCUT2D eigenvalue weighted by Crippen LogP contribution is 2.33. The van der Waals surface area contributed by atoms with Gasteiger partial charge in [-0.05, 0) is 32.4 Å². The molecule has 1 aromatic carbocycles. The summed E-state index contributed by atoms with van der Waals surface area (Å²) in [6.45, 7) is 2.44. The molecule has 0 saturated carbocycles. The number of cyclic esters (lactones) is 1. The number of amides is 1. The maximum absolute atomic E-state index is 13.0. The molecule has 1 saturated heterocycles. The highest BCUT2D eigenvalue weighted by Gasteiger charge is 2.60. The SMILES string of the molecule is CC1OC(=O)[C@@](N)(C(C(N)=O)C(=O)Cc2ccc(O)cc2O)N1CCCCCN. The third kappa shape index (κ3) is 4.66. The van der Waals surface area contributed by atoms with Crippen LogP contribution in [0.4, 0.5) is 0 Å². The lowest BCUT2D eigenvalue weighted by Gasteiger charge is -2.36. The summed E-state index contributed by atoms with van der Waals surface area (Å²) < 4.78 is 5.21. The molecule has 0 aromatic heterocycles. The number of nitrogens with two attached hydrogens (primary N) is 3. The van der Waals surface area contributed by atoms with Crippen LogP contribution >= 0.6 is 0 Å². The summed E-state index contributed by atoms with van der Waals surface area (Å²) in [5.41, 5.74) is 15.4. The number of unbranched alkanes of at least 4 members (excludes halogenated alkanes) is 2. The highest BCUT2D eigenvalue weighted by molar-refractivity contribution is 6.07. The van der Waals surface area contributed by atoms with E-state index in [4.69, 9.17) is 21.9 Å². The molecule has 10 heteroatoms. The lowest BCUT2D eigenvalue weighted by atomic mass is 9.84. The predicted octanol–water partition coefficient (Wildman–Crippen LogP) is -0.700. The minimum atomic E-state index is -2.04. The highest BCUT2D eigenvalue weighted by atomic mass is 16.6. The van der Waals surface area contributed by atoms with Crippen LogP contribution in [0.3, 0.4) is 0 Å². The van der Waals surface area contributed by atoms with Crippen molar-refractivity contribution in [2.24, 2.45) is 23.1 Å². The van der Waals surface area contributed by atoms with E-state index in [-0.39, 0.29) is 17.1 Å². The van der Waals surface area contributed by atoms with Crippen molar-refractivity contribution < 1.29 is 29.3 Å². The van der Waals surface area contributed by atoms with Crippen LogP contribution < -0.4 is 17.2 Å². The van der Waals surface area contributed by atoms with Crippen molar-refractivity contribution in [3.63, 3.8) is 0 Å². The van der Waals surface area contributed by atoms with Gasteiger partial charge < -0.3 is 32.2 Å². The molecule has 1 aliphatic heterocycles. The van der Waals surface area contributed by atoms with E-state index in [9.17, 15) is 24.6 Å². The van der Waals surface area contributed by atoms with Gasteiger partial charge >= 0.3 is 5.97 Å². The molecular formula is C19H28N4O6. The van der Waals surface area contributed by atoms with E-state index in [1.54, 1.807) is 6.92 Å².